The van der Waals surface area contributed by atoms with Gasteiger partial charge in [-0.2, -0.15) is 0 Å². The van der Waals surface area contributed by atoms with Crippen LogP contribution in [-0.2, 0) is 0 Å². The Labute approximate surface area is 69.4 Å². The van der Waals surface area contributed by atoms with Gasteiger partial charge in [-0.05, 0) is 36.0 Å². The number of nitrogens with two attached hydrogens (primary N) is 1. The van der Waals surface area contributed by atoms with Gasteiger partial charge < -0.3 is 5.73 Å². The Morgan fingerprint density at radius 3 is 2.18 bits per heavy atom. The minimum atomic E-state index is 0.514. The number of hydrogen-bond donors (Lipinski definition) is 1. The summed E-state index contributed by atoms with van der Waals surface area (Å²) in [5, 5.41) is 0. The van der Waals surface area contributed by atoms with E-state index >= 15 is 0 Å². The van der Waals surface area contributed by atoms with Crippen LogP contribution >= 0.6 is 0 Å². The van der Waals surface area contributed by atoms with E-state index in [9.17, 15) is 0 Å². The molecule has 0 spiro atoms. The van der Waals surface area contributed by atoms with E-state index in [1.54, 1.807) is 0 Å². The summed E-state index contributed by atoms with van der Waals surface area (Å²) in [7, 11) is 0. The summed E-state index contributed by atoms with van der Waals surface area (Å²) in [6.45, 7) is 7.16. The first-order valence-corrected chi connectivity index (χ1v) is 4.80. The molecule has 0 aromatic heterocycles. The van der Waals surface area contributed by atoms with E-state index in [1.165, 1.54) is 12.8 Å². The van der Waals surface area contributed by atoms with Gasteiger partial charge in [-0.3, -0.25) is 0 Å². The second kappa shape index (κ2) is 2.01. The summed E-state index contributed by atoms with van der Waals surface area (Å²) in [6.07, 6.45) is 2.76. The van der Waals surface area contributed by atoms with Crippen molar-refractivity contribution in [2.24, 2.45) is 28.9 Å². The zero-order chi connectivity index (χ0) is 8.22. The fraction of sp³-hybridized carbons (Fsp3) is 1.00. The molecule has 0 aromatic rings. The zero-order valence-electron chi connectivity index (χ0n) is 7.80. The maximum Gasteiger partial charge on any atom is 0.0104 e. The van der Waals surface area contributed by atoms with Crippen molar-refractivity contribution < 1.29 is 0 Å². The third-order valence-electron chi connectivity index (χ3n) is 4.54. The summed E-state index contributed by atoms with van der Waals surface area (Å²) < 4.78 is 0. The molecule has 2 rings (SSSR count). The van der Waals surface area contributed by atoms with Crippen molar-refractivity contribution in [1.82, 2.24) is 0 Å². The van der Waals surface area contributed by atoms with Gasteiger partial charge in [0.2, 0.25) is 0 Å². The Bertz CT molecular complexity index is 174. The second-order valence-electron chi connectivity index (χ2n) is 5.04. The fourth-order valence-corrected chi connectivity index (χ4v) is 3.40. The van der Waals surface area contributed by atoms with Crippen LogP contribution in [0.4, 0.5) is 0 Å². The van der Waals surface area contributed by atoms with Crippen LogP contribution in [0, 0.1) is 23.2 Å². The molecular weight excluding hydrogens is 134 g/mol. The topological polar surface area (TPSA) is 26.0 Å². The van der Waals surface area contributed by atoms with Crippen molar-refractivity contribution >= 4 is 0 Å². The molecule has 0 heterocycles. The molecular formula is C10H19N. The van der Waals surface area contributed by atoms with Gasteiger partial charge in [0.1, 0.15) is 0 Å². The van der Waals surface area contributed by atoms with E-state index in [-0.39, 0.29) is 0 Å². The van der Waals surface area contributed by atoms with Crippen molar-refractivity contribution in [2.75, 3.05) is 0 Å². The Morgan fingerprint density at radius 2 is 1.91 bits per heavy atom. The van der Waals surface area contributed by atoms with Gasteiger partial charge in [0.25, 0.3) is 0 Å². The lowest BCUT2D eigenvalue weighted by Gasteiger charge is -2.35. The van der Waals surface area contributed by atoms with Crippen LogP contribution in [0.15, 0.2) is 0 Å². The van der Waals surface area contributed by atoms with Gasteiger partial charge >= 0.3 is 0 Å². The largest absolute Gasteiger partial charge is 0.327 e. The molecule has 2 fully saturated rings. The average molecular weight is 153 g/mol. The lowest BCUT2D eigenvalue weighted by molar-refractivity contribution is 0.137. The average Bonchev–Trinajstić information content (AvgIpc) is 2.34. The van der Waals surface area contributed by atoms with Crippen molar-refractivity contribution in [1.29, 1.82) is 0 Å². The van der Waals surface area contributed by atoms with Crippen LogP contribution < -0.4 is 5.73 Å². The van der Waals surface area contributed by atoms with Crippen LogP contribution in [0.3, 0.4) is 0 Å². The first kappa shape index (κ1) is 7.60. The van der Waals surface area contributed by atoms with Gasteiger partial charge in [-0.15, -0.1) is 0 Å². The summed E-state index contributed by atoms with van der Waals surface area (Å²) in [4.78, 5) is 0. The Balaban J connectivity index is 2.31. The molecule has 0 amide bonds. The Kier molecular flexibility index (Phi) is 1.39. The maximum absolute atomic E-state index is 6.15. The number of hydrogen-bond acceptors (Lipinski definition) is 1. The van der Waals surface area contributed by atoms with Gasteiger partial charge in [-0.25, -0.2) is 0 Å². The predicted molar refractivity (Wildman–Crippen MR) is 47.1 cm³/mol. The van der Waals surface area contributed by atoms with E-state index in [0.29, 0.717) is 11.5 Å². The highest BCUT2D eigenvalue weighted by atomic mass is 14.8. The van der Waals surface area contributed by atoms with Crippen molar-refractivity contribution in [3.8, 4) is 0 Å². The van der Waals surface area contributed by atoms with Crippen LogP contribution in [0.25, 0.3) is 0 Å². The molecule has 1 unspecified atom stereocenters. The standard InChI is InChI=1S/C10H19N/c1-6-7-4-5-8(9(7)11)10(6,2)3/h6-9H,4-5,11H2,1-3H3/t6-,7+,8+,9?/m0/s1. The molecule has 4 atom stereocenters. The van der Waals surface area contributed by atoms with Crippen molar-refractivity contribution in [3.05, 3.63) is 0 Å². The van der Waals surface area contributed by atoms with E-state index in [4.69, 9.17) is 5.73 Å². The zero-order valence-corrected chi connectivity index (χ0v) is 7.80. The van der Waals surface area contributed by atoms with Gasteiger partial charge in [-0.1, -0.05) is 20.8 Å². The normalized spacial score (nSPS) is 53.5. The number of rotatable bonds is 0. The monoisotopic (exact) mass is 153 g/mol. The third kappa shape index (κ3) is 0.752. The molecule has 2 aliphatic rings. The SMILES string of the molecule is C[C@H]1[C@H]2CC[C@H](C2N)C1(C)C. The smallest absolute Gasteiger partial charge is 0.0104 e. The molecule has 0 radical (unpaired) electrons. The highest BCUT2D eigenvalue weighted by Crippen LogP contribution is 2.58. The second-order valence-corrected chi connectivity index (χ2v) is 5.04. The van der Waals surface area contributed by atoms with Gasteiger partial charge in [0.05, 0.1) is 0 Å². The van der Waals surface area contributed by atoms with Gasteiger partial charge in [0, 0.05) is 6.04 Å². The summed E-state index contributed by atoms with van der Waals surface area (Å²) in [6, 6.07) is 0.514. The molecule has 64 valence electrons. The first-order chi connectivity index (χ1) is 5.05. The third-order valence-corrected chi connectivity index (χ3v) is 4.54. The van der Waals surface area contributed by atoms with Gasteiger partial charge in [0.15, 0.2) is 0 Å². The number of fused-ring (bicyclic) bond motifs is 2. The Morgan fingerprint density at radius 1 is 1.27 bits per heavy atom. The van der Waals surface area contributed by atoms with E-state index in [1.807, 2.05) is 0 Å². The van der Waals surface area contributed by atoms with Crippen LogP contribution in [0.5, 0.6) is 0 Å². The molecule has 0 aliphatic heterocycles. The molecule has 2 saturated carbocycles. The molecule has 11 heavy (non-hydrogen) atoms. The highest BCUT2D eigenvalue weighted by molar-refractivity contribution is 5.07. The molecule has 2 bridgehead atoms. The van der Waals surface area contributed by atoms with Crippen molar-refractivity contribution in [2.45, 2.75) is 39.7 Å². The van der Waals surface area contributed by atoms with E-state index in [2.05, 4.69) is 20.8 Å². The highest BCUT2D eigenvalue weighted by Gasteiger charge is 2.55. The summed E-state index contributed by atoms with van der Waals surface area (Å²) in [5.74, 6) is 2.48. The van der Waals surface area contributed by atoms with Crippen LogP contribution in [0.1, 0.15) is 33.6 Å². The maximum atomic E-state index is 6.15. The molecule has 0 saturated heterocycles. The molecule has 0 aromatic carbocycles. The predicted octanol–water partition coefficient (Wildman–Crippen LogP) is 2.02. The molecule has 2 N–H and O–H groups in total. The first-order valence-electron chi connectivity index (χ1n) is 4.80. The van der Waals surface area contributed by atoms with Crippen molar-refractivity contribution in [3.63, 3.8) is 0 Å². The summed E-state index contributed by atoms with van der Waals surface area (Å²) in [5.41, 5.74) is 6.67. The van der Waals surface area contributed by atoms with E-state index in [0.717, 1.165) is 17.8 Å². The quantitative estimate of drug-likeness (QED) is 0.566. The van der Waals surface area contributed by atoms with Crippen LogP contribution in [0.2, 0.25) is 0 Å². The lowest BCUT2D eigenvalue weighted by Crippen LogP contribution is -2.30. The summed E-state index contributed by atoms with van der Waals surface area (Å²) >= 11 is 0. The fourth-order valence-electron chi connectivity index (χ4n) is 3.40. The lowest BCUT2D eigenvalue weighted by atomic mass is 9.70. The minimum Gasteiger partial charge on any atom is -0.327 e. The van der Waals surface area contributed by atoms with Crippen LogP contribution in [-0.4, -0.2) is 6.04 Å². The van der Waals surface area contributed by atoms with E-state index < -0.39 is 0 Å². The minimum absolute atomic E-state index is 0.514. The Hall–Kier alpha value is -0.0400. The molecule has 1 nitrogen and oxygen atoms in total. The molecule has 2 aliphatic carbocycles. The molecule has 1 heteroatoms.